The van der Waals surface area contributed by atoms with E-state index in [0.29, 0.717) is 0 Å². The Bertz CT molecular complexity index is 477. The number of carbonyl (C=O) groups is 2. The van der Waals surface area contributed by atoms with Gasteiger partial charge in [-0.15, -0.1) is 0 Å². The van der Waals surface area contributed by atoms with Crippen molar-refractivity contribution >= 4 is 17.4 Å². The first-order valence-corrected chi connectivity index (χ1v) is 5.96. The Balaban J connectivity index is 2.34. The molecule has 1 aliphatic heterocycles. The van der Waals surface area contributed by atoms with E-state index in [0.717, 1.165) is 29.8 Å². The van der Waals surface area contributed by atoms with Crippen LogP contribution in [0.3, 0.4) is 0 Å². The monoisotopic (exact) mass is 231 g/mol. The van der Waals surface area contributed by atoms with Crippen molar-refractivity contribution in [3.05, 3.63) is 29.3 Å². The highest BCUT2D eigenvalue weighted by Gasteiger charge is 2.26. The van der Waals surface area contributed by atoms with Crippen molar-refractivity contribution in [1.82, 2.24) is 0 Å². The second kappa shape index (κ2) is 4.32. The molecule has 1 amide bonds. The summed E-state index contributed by atoms with van der Waals surface area (Å²) in [5.41, 5.74) is 2.79. The number of nitrogens with zero attached hydrogens (tertiary/aromatic N) is 1. The Morgan fingerprint density at radius 3 is 2.59 bits per heavy atom. The molecule has 1 aromatic carbocycles. The minimum atomic E-state index is 0.00781. The molecule has 0 fully saturated rings. The van der Waals surface area contributed by atoms with Gasteiger partial charge in [-0.2, -0.15) is 0 Å². The van der Waals surface area contributed by atoms with Gasteiger partial charge in [0, 0.05) is 23.7 Å². The molecule has 0 aromatic heterocycles. The largest absolute Gasteiger partial charge is 0.312 e. The fourth-order valence-corrected chi connectivity index (χ4v) is 2.16. The van der Waals surface area contributed by atoms with Crippen molar-refractivity contribution in [2.45, 2.75) is 27.2 Å². The van der Waals surface area contributed by atoms with Crippen LogP contribution in [-0.4, -0.2) is 18.2 Å². The second-order valence-corrected chi connectivity index (χ2v) is 4.79. The van der Waals surface area contributed by atoms with E-state index in [1.165, 1.54) is 0 Å². The van der Waals surface area contributed by atoms with Gasteiger partial charge in [0.05, 0.1) is 0 Å². The molecular formula is C14H17NO2. The molecule has 0 saturated carbocycles. The molecule has 0 atom stereocenters. The van der Waals surface area contributed by atoms with Crippen molar-refractivity contribution in [1.29, 1.82) is 0 Å². The summed E-state index contributed by atoms with van der Waals surface area (Å²) < 4.78 is 0. The molecule has 3 heteroatoms. The zero-order chi connectivity index (χ0) is 12.6. The number of ketones is 1. The molecule has 2 rings (SSSR count). The quantitative estimate of drug-likeness (QED) is 0.733. The van der Waals surface area contributed by atoms with Gasteiger partial charge in [0.1, 0.15) is 0 Å². The van der Waals surface area contributed by atoms with Crippen LogP contribution in [0.1, 0.15) is 36.7 Å². The van der Waals surface area contributed by atoms with Crippen LogP contribution in [0.25, 0.3) is 0 Å². The van der Waals surface area contributed by atoms with Crippen molar-refractivity contribution in [3.8, 4) is 0 Å². The highest BCUT2D eigenvalue weighted by atomic mass is 16.2. The normalized spacial score (nSPS) is 14.0. The van der Waals surface area contributed by atoms with E-state index in [1.807, 2.05) is 30.9 Å². The van der Waals surface area contributed by atoms with E-state index in [2.05, 4.69) is 0 Å². The lowest BCUT2D eigenvalue weighted by atomic mass is 10.1. The first-order valence-electron chi connectivity index (χ1n) is 5.96. The lowest BCUT2D eigenvalue weighted by Gasteiger charge is -2.19. The van der Waals surface area contributed by atoms with Crippen LogP contribution in [0.2, 0.25) is 0 Å². The molecule has 90 valence electrons. The van der Waals surface area contributed by atoms with Gasteiger partial charge in [-0.1, -0.05) is 13.8 Å². The zero-order valence-electron chi connectivity index (χ0n) is 10.5. The summed E-state index contributed by atoms with van der Waals surface area (Å²) in [4.78, 5) is 25.1. The molecule has 0 spiro atoms. The summed E-state index contributed by atoms with van der Waals surface area (Å²) in [6, 6.07) is 5.59. The maximum atomic E-state index is 12.0. The molecular weight excluding hydrogens is 214 g/mol. The van der Waals surface area contributed by atoms with Crippen LogP contribution in [0.15, 0.2) is 18.2 Å². The first-order chi connectivity index (χ1) is 8.00. The predicted molar refractivity (Wildman–Crippen MR) is 67.3 cm³/mol. The van der Waals surface area contributed by atoms with E-state index >= 15 is 0 Å². The molecule has 3 nitrogen and oxygen atoms in total. The minimum absolute atomic E-state index is 0.00781. The van der Waals surface area contributed by atoms with Gasteiger partial charge in [-0.3, -0.25) is 9.59 Å². The summed E-state index contributed by atoms with van der Waals surface area (Å²) in [6.07, 6.45) is 0.842. The van der Waals surface area contributed by atoms with Crippen molar-refractivity contribution < 1.29 is 9.59 Å². The second-order valence-electron chi connectivity index (χ2n) is 4.79. The lowest BCUT2D eigenvalue weighted by Crippen LogP contribution is -2.32. The molecule has 0 unspecified atom stereocenters. The third kappa shape index (κ3) is 2.09. The van der Waals surface area contributed by atoms with Gasteiger partial charge in [-0.05, 0) is 37.1 Å². The number of benzene rings is 1. The van der Waals surface area contributed by atoms with E-state index in [1.54, 1.807) is 13.0 Å². The predicted octanol–water partition coefficient (Wildman–Crippen LogP) is 2.43. The standard InChI is InChI=1S/C14H17NO2/c1-9(2)14(17)15-7-6-12-8-11(10(3)16)4-5-13(12)15/h4-5,8-9H,6-7H2,1-3H3. The van der Waals surface area contributed by atoms with Crippen molar-refractivity contribution in [2.75, 3.05) is 11.4 Å². The molecule has 1 aromatic rings. The van der Waals surface area contributed by atoms with Crippen LogP contribution in [0.5, 0.6) is 0 Å². The van der Waals surface area contributed by atoms with E-state index in [4.69, 9.17) is 0 Å². The average molecular weight is 231 g/mol. The molecule has 0 aliphatic carbocycles. The topological polar surface area (TPSA) is 37.4 Å². The van der Waals surface area contributed by atoms with Gasteiger partial charge in [-0.25, -0.2) is 0 Å². The summed E-state index contributed by atoms with van der Waals surface area (Å²) in [7, 11) is 0. The SMILES string of the molecule is CC(=O)c1ccc2c(c1)CCN2C(=O)C(C)C. The maximum Gasteiger partial charge on any atom is 0.229 e. The molecule has 0 N–H and O–H groups in total. The number of carbonyl (C=O) groups excluding carboxylic acids is 2. The van der Waals surface area contributed by atoms with Crippen LogP contribution in [0, 0.1) is 5.92 Å². The van der Waals surface area contributed by atoms with Crippen LogP contribution in [0.4, 0.5) is 5.69 Å². The number of amides is 1. The van der Waals surface area contributed by atoms with Crippen molar-refractivity contribution in [3.63, 3.8) is 0 Å². The minimum Gasteiger partial charge on any atom is -0.312 e. The van der Waals surface area contributed by atoms with E-state index in [-0.39, 0.29) is 17.6 Å². The first kappa shape index (κ1) is 11.8. The highest BCUT2D eigenvalue weighted by Crippen LogP contribution is 2.30. The molecule has 1 heterocycles. The third-order valence-electron chi connectivity index (χ3n) is 3.14. The van der Waals surface area contributed by atoms with Crippen LogP contribution < -0.4 is 4.90 Å². The summed E-state index contributed by atoms with van der Waals surface area (Å²) in [5.74, 6) is 0.231. The fourth-order valence-electron chi connectivity index (χ4n) is 2.16. The highest BCUT2D eigenvalue weighted by molar-refractivity contribution is 5.99. The van der Waals surface area contributed by atoms with Crippen LogP contribution >= 0.6 is 0 Å². The Morgan fingerprint density at radius 2 is 2.00 bits per heavy atom. The molecule has 0 saturated heterocycles. The molecule has 0 radical (unpaired) electrons. The molecule has 1 aliphatic rings. The number of anilines is 1. The third-order valence-corrected chi connectivity index (χ3v) is 3.14. The van der Waals surface area contributed by atoms with Gasteiger partial charge < -0.3 is 4.90 Å². The number of hydrogen-bond acceptors (Lipinski definition) is 2. The van der Waals surface area contributed by atoms with Gasteiger partial charge in [0.15, 0.2) is 5.78 Å². The van der Waals surface area contributed by atoms with Crippen LogP contribution in [-0.2, 0) is 11.2 Å². The van der Waals surface area contributed by atoms with E-state index in [9.17, 15) is 9.59 Å². The summed E-state index contributed by atoms with van der Waals surface area (Å²) in [5, 5.41) is 0. The van der Waals surface area contributed by atoms with Crippen molar-refractivity contribution in [2.24, 2.45) is 5.92 Å². The van der Waals surface area contributed by atoms with Gasteiger partial charge in [0.2, 0.25) is 5.91 Å². The maximum absolute atomic E-state index is 12.0. The van der Waals surface area contributed by atoms with Gasteiger partial charge >= 0.3 is 0 Å². The lowest BCUT2D eigenvalue weighted by molar-refractivity contribution is -0.121. The van der Waals surface area contributed by atoms with E-state index < -0.39 is 0 Å². The average Bonchev–Trinajstić information content (AvgIpc) is 2.70. The Labute approximate surface area is 101 Å². The fraction of sp³-hybridized carbons (Fsp3) is 0.429. The molecule has 17 heavy (non-hydrogen) atoms. The Kier molecular flexibility index (Phi) is 3.01. The zero-order valence-corrected chi connectivity index (χ0v) is 10.5. The summed E-state index contributed by atoms with van der Waals surface area (Å²) in [6.45, 7) is 6.11. The number of hydrogen-bond donors (Lipinski definition) is 0. The molecule has 0 bridgehead atoms. The smallest absolute Gasteiger partial charge is 0.229 e. The Hall–Kier alpha value is -1.64. The number of fused-ring (bicyclic) bond motifs is 1. The summed E-state index contributed by atoms with van der Waals surface area (Å²) >= 11 is 0. The Morgan fingerprint density at radius 1 is 1.29 bits per heavy atom. The number of Topliss-reactive ketones (excluding diaryl/α,β-unsaturated/α-hetero) is 1. The van der Waals surface area contributed by atoms with Gasteiger partial charge in [0.25, 0.3) is 0 Å². The number of rotatable bonds is 2.